The largest absolute Gasteiger partial charge is 0.417 e. The van der Waals surface area contributed by atoms with Crippen LogP contribution in [0.2, 0.25) is 0 Å². The van der Waals surface area contributed by atoms with Crippen molar-refractivity contribution in [3.8, 4) is 0 Å². The van der Waals surface area contributed by atoms with Crippen LogP contribution in [0.4, 0.5) is 17.6 Å². The third-order valence-electron chi connectivity index (χ3n) is 2.18. The fourth-order valence-electron chi connectivity index (χ4n) is 1.43. The van der Waals surface area contributed by atoms with E-state index in [1.54, 1.807) is 0 Å². The molecular formula is C8H8F4O6P2. The standard InChI is InChI=1S/C8H8F4O6P2/c9-5-3-1-2-4(7(10,11)12)6(5)8(13,19(14)15)18-20(16)17/h1-3,13,19-20H,(H,14,15)(H,16,17). The lowest BCUT2D eigenvalue weighted by Crippen LogP contribution is -2.28. The van der Waals surface area contributed by atoms with Crippen LogP contribution in [0.25, 0.3) is 0 Å². The van der Waals surface area contributed by atoms with E-state index in [0.717, 1.165) is 0 Å². The summed E-state index contributed by atoms with van der Waals surface area (Å²) < 4.78 is 77.1. The molecule has 0 aliphatic rings. The third-order valence-corrected chi connectivity index (χ3v) is 3.79. The van der Waals surface area contributed by atoms with Gasteiger partial charge in [-0.05, 0) is 12.1 Å². The normalized spacial score (nSPS) is 18.4. The lowest BCUT2D eigenvalue weighted by molar-refractivity contribution is -0.145. The lowest BCUT2D eigenvalue weighted by atomic mass is 10.1. The lowest BCUT2D eigenvalue weighted by Gasteiger charge is -2.27. The second kappa shape index (κ2) is 5.93. The molecule has 20 heavy (non-hydrogen) atoms. The maximum Gasteiger partial charge on any atom is 0.417 e. The molecule has 0 amide bonds. The van der Waals surface area contributed by atoms with Gasteiger partial charge in [-0.1, -0.05) is 6.07 Å². The van der Waals surface area contributed by atoms with Crippen molar-refractivity contribution in [3.05, 3.63) is 35.1 Å². The molecule has 0 bridgehead atoms. The Morgan fingerprint density at radius 1 is 1.15 bits per heavy atom. The monoisotopic (exact) mass is 338 g/mol. The predicted octanol–water partition coefficient (Wildman–Crippen LogP) is 1.81. The first-order chi connectivity index (χ1) is 9.00. The van der Waals surface area contributed by atoms with Crippen LogP contribution in [-0.4, -0.2) is 14.9 Å². The minimum atomic E-state index is -5.18. The SMILES string of the molecule is O=[PH](O)OC(O)(c1c(F)cccc1C(F)(F)F)[PH](=O)O. The highest BCUT2D eigenvalue weighted by Gasteiger charge is 2.48. The number of hydrogen-bond donors (Lipinski definition) is 3. The van der Waals surface area contributed by atoms with Crippen LogP contribution in [0.15, 0.2) is 18.2 Å². The molecule has 0 spiro atoms. The molecule has 114 valence electrons. The Hall–Kier alpha value is -0.760. The first-order valence-corrected chi connectivity index (χ1v) is 7.36. The van der Waals surface area contributed by atoms with Gasteiger partial charge in [-0.2, -0.15) is 13.2 Å². The van der Waals surface area contributed by atoms with E-state index in [4.69, 9.17) is 9.79 Å². The summed E-state index contributed by atoms with van der Waals surface area (Å²) in [6, 6.07) is 1.45. The van der Waals surface area contributed by atoms with Crippen molar-refractivity contribution in [1.29, 1.82) is 0 Å². The van der Waals surface area contributed by atoms with E-state index in [2.05, 4.69) is 4.52 Å². The van der Waals surface area contributed by atoms with Gasteiger partial charge in [0.05, 0.1) is 11.1 Å². The number of rotatable bonds is 4. The molecule has 0 fully saturated rings. The summed E-state index contributed by atoms with van der Waals surface area (Å²) in [6.07, 6.45) is -5.18. The van der Waals surface area contributed by atoms with Crippen LogP contribution in [0, 0.1) is 5.82 Å². The van der Waals surface area contributed by atoms with E-state index in [-0.39, 0.29) is 0 Å². The van der Waals surface area contributed by atoms with E-state index in [1.165, 1.54) is 0 Å². The van der Waals surface area contributed by atoms with Crippen molar-refractivity contribution in [2.45, 2.75) is 11.7 Å². The Labute approximate surface area is 110 Å². The van der Waals surface area contributed by atoms with E-state index in [0.29, 0.717) is 18.2 Å². The Kier molecular flexibility index (Phi) is 5.13. The fraction of sp³-hybridized carbons (Fsp3) is 0.250. The summed E-state index contributed by atoms with van der Waals surface area (Å²) in [7, 11) is -8.54. The average molecular weight is 338 g/mol. The minimum absolute atomic E-state index is 0.326. The van der Waals surface area contributed by atoms with Gasteiger partial charge >= 0.3 is 14.4 Å². The Balaban J connectivity index is 3.64. The molecule has 0 saturated heterocycles. The molecule has 1 rings (SSSR count). The summed E-state index contributed by atoms with van der Waals surface area (Å²) in [5.74, 6) is -1.71. The van der Waals surface area contributed by atoms with Crippen LogP contribution < -0.4 is 0 Å². The molecule has 0 radical (unpaired) electrons. The summed E-state index contributed by atoms with van der Waals surface area (Å²) >= 11 is 0. The predicted molar refractivity (Wildman–Crippen MR) is 58.8 cm³/mol. The number of hydrogen-bond acceptors (Lipinski definition) is 4. The zero-order valence-corrected chi connectivity index (χ0v) is 11.3. The van der Waals surface area contributed by atoms with Crippen molar-refractivity contribution < 1.29 is 46.1 Å². The molecular weight excluding hydrogens is 330 g/mol. The molecule has 3 atom stereocenters. The van der Waals surface area contributed by atoms with Gasteiger partial charge in [-0.25, -0.2) is 4.39 Å². The van der Waals surface area contributed by atoms with Crippen LogP contribution in [-0.2, 0) is 25.4 Å². The van der Waals surface area contributed by atoms with Gasteiger partial charge in [0.15, 0.2) is 0 Å². The van der Waals surface area contributed by atoms with Crippen molar-refractivity contribution in [3.63, 3.8) is 0 Å². The molecule has 3 N–H and O–H groups in total. The summed E-state index contributed by atoms with van der Waals surface area (Å²) in [4.78, 5) is 17.4. The van der Waals surface area contributed by atoms with Crippen molar-refractivity contribution in [2.75, 3.05) is 0 Å². The van der Waals surface area contributed by atoms with E-state index in [9.17, 15) is 31.8 Å². The van der Waals surface area contributed by atoms with E-state index < -0.39 is 44.9 Å². The molecule has 0 saturated carbocycles. The number of halogens is 4. The zero-order valence-electron chi connectivity index (χ0n) is 9.31. The molecule has 3 unspecified atom stereocenters. The van der Waals surface area contributed by atoms with Crippen LogP contribution in [0.1, 0.15) is 11.1 Å². The Morgan fingerprint density at radius 3 is 2.10 bits per heavy atom. The second-order valence-corrected chi connectivity index (χ2v) is 5.50. The molecule has 12 heteroatoms. The maximum absolute atomic E-state index is 13.5. The van der Waals surface area contributed by atoms with Gasteiger partial charge < -0.3 is 14.9 Å². The molecule has 1 aromatic rings. The van der Waals surface area contributed by atoms with Crippen molar-refractivity contribution in [2.24, 2.45) is 0 Å². The smallest absolute Gasteiger partial charge is 0.354 e. The molecule has 0 aliphatic carbocycles. The van der Waals surface area contributed by atoms with Crippen molar-refractivity contribution >= 4 is 16.3 Å². The Bertz CT molecular complexity index is 562. The summed E-state index contributed by atoms with van der Waals surface area (Å²) in [5, 5.41) is 9.64. The second-order valence-electron chi connectivity index (χ2n) is 3.48. The van der Waals surface area contributed by atoms with Crippen molar-refractivity contribution in [1.82, 2.24) is 0 Å². The highest BCUT2D eigenvalue weighted by molar-refractivity contribution is 7.40. The first kappa shape index (κ1) is 17.3. The van der Waals surface area contributed by atoms with Crippen LogP contribution >= 0.6 is 16.3 Å². The number of alkyl halides is 3. The summed E-state index contributed by atoms with van der Waals surface area (Å²) in [5.41, 5.74) is -7.27. The fourth-order valence-corrected chi connectivity index (χ4v) is 2.87. The molecule has 0 heterocycles. The van der Waals surface area contributed by atoms with Gasteiger partial charge in [-0.15, -0.1) is 0 Å². The van der Waals surface area contributed by atoms with Crippen LogP contribution in [0.3, 0.4) is 0 Å². The van der Waals surface area contributed by atoms with E-state index in [1.807, 2.05) is 0 Å². The number of benzene rings is 1. The zero-order chi connectivity index (χ0) is 15.7. The number of aliphatic hydroxyl groups is 1. The minimum Gasteiger partial charge on any atom is -0.354 e. The average Bonchev–Trinajstić information content (AvgIpc) is 2.25. The highest BCUT2D eigenvalue weighted by atomic mass is 31.1. The third kappa shape index (κ3) is 3.46. The first-order valence-electron chi connectivity index (χ1n) is 4.74. The van der Waals surface area contributed by atoms with Gasteiger partial charge in [0.1, 0.15) is 5.82 Å². The van der Waals surface area contributed by atoms with Gasteiger partial charge in [0.25, 0.3) is 13.6 Å². The van der Waals surface area contributed by atoms with Gasteiger partial charge in [0, 0.05) is 0 Å². The van der Waals surface area contributed by atoms with Gasteiger partial charge in [0.2, 0.25) is 0 Å². The topological polar surface area (TPSA) is 104 Å². The van der Waals surface area contributed by atoms with E-state index >= 15 is 0 Å². The molecule has 6 nitrogen and oxygen atoms in total. The maximum atomic E-state index is 13.5. The summed E-state index contributed by atoms with van der Waals surface area (Å²) in [6.45, 7) is 0. The van der Waals surface area contributed by atoms with Crippen LogP contribution in [0.5, 0.6) is 0 Å². The molecule has 0 aliphatic heterocycles. The Morgan fingerprint density at radius 2 is 1.70 bits per heavy atom. The quantitative estimate of drug-likeness (QED) is 0.439. The molecule has 0 aromatic heterocycles. The molecule has 1 aromatic carbocycles. The highest BCUT2D eigenvalue weighted by Crippen LogP contribution is 2.51. The van der Waals surface area contributed by atoms with Gasteiger partial charge in [-0.3, -0.25) is 13.7 Å².